The predicted molar refractivity (Wildman–Crippen MR) is 137 cm³/mol. The fourth-order valence-corrected chi connectivity index (χ4v) is 6.14. The number of phenols is 1. The number of rotatable bonds is 2. The fraction of sp³-hybridized carbons (Fsp3) is 0. The number of fused-ring (bicyclic) bond motifs is 4. The SMILES string of the molecule is Oc1ccc(-c2c3cccc(S)c3c(-c3ccccc3)c3sc4ccccc4c23)cc1. The van der Waals surface area contributed by atoms with Gasteiger partial charge in [-0.3, -0.25) is 0 Å². The van der Waals surface area contributed by atoms with Gasteiger partial charge >= 0.3 is 0 Å². The van der Waals surface area contributed by atoms with Gasteiger partial charge in [0.25, 0.3) is 0 Å². The zero-order valence-electron chi connectivity index (χ0n) is 16.5. The second-order valence-electron chi connectivity index (χ2n) is 7.66. The third-order valence-corrected chi connectivity index (χ3v) is 7.41. The van der Waals surface area contributed by atoms with Crippen LogP contribution < -0.4 is 0 Å². The molecule has 0 radical (unpaired) electrons. The van der Waals surface area contributed by atoms with Crippen LogP contribution in [0.2, 0.25) is 0 Å². The van der Waals surface area contributed by atoms with Crippen LogP contribution in [-0.4, -0.2) is 5.11 Å². The minimum atomic E-state index is 0.273. The number of thiophene rings is 1. The monoisotopic (exact) mass is 434 g/mol. The maximum Gasteiger partial charge on any atom is 0.115 e. The third kappa shape index (κ3) is 2.85. The van der Waals surface area contributed by atoms with Crippen molar-refractivity contribution in [3.05, 3.63) is 97.1 Å². The van der Waals surface area contributed by atoms with Crippen molar-refractivity contribution in [1.29, 1.82) is 0 Å². The topological polar surface area (TPSA) is 20.2 Å². The summed E-state index contributed by atoms with van der Waals surface area (Å²) in [4.78, 5) is 0.968. The molecule has 0 unspecified atom stereocenters. The second-order valence-corrected chi connectivity index (χ2v) is 9.20. The van der Waals surface area contributed by atoms with E-state index in [0.29, 0.717) is 0 Å². The average Bonchev–Trinajstić information content (AvgIpc) is 3.18. The van der Waals surface area contributed by atoms with Crippen molar-refractivity contribution >= 4 is 54.9 Å². The molecule has 148 valence electrons. The maximum atomic E-state index is 9.89. The molecule has 3 heteroatoms. The highest BCUT2D eigenvalue weighted by Crippen LogP contribution is 2.50. The van der Waals surface area contributed by atoms with E-state index in [1.165, 1.54) is 47.6 Å². The summed E-state index contributed by atoms with van der Waals surface area (Å²) in [6, 6.07) is 33.1. The molecular formula is C28H18OS2. The summed E-state index contributed by atoms with van der Waals surface area (Å²) in [6.07, 6.45) is 0. The molecule has 1 heterocycles. The van der Waals surface area contributed by atoms with Gasteiger partial charge in [0.1, 0.15) is 5.75 Å². The van der Waals surface area contributed by atoms with Crippen LogP contribution in [0.25, 0.3) is 53.2 Å². The van der Waals surface area contributed by atoms with Crippen LogP contribution in [0.15, 0.2) is 102 Å². The highest BCUT2D eigenvalue weighted by Gasteiger charge is 2.21. The van der Waals surface area contributed by atoms with Gasteiger partial charge in [-0.25, -0.2) is 0 Å². The van der Waals surface area contributed by atoms with Crippen LogP contribution in [0.3, 0.4) is 0 Å². The van der Waals surface area contributed by atoms with Gasteiger partial charge in [-0.05, 0) is 46.3 Å². The van der Waals surface area contributed by atoms with Gasteiger partial charge in [-0.1, -0.05) is 72.8 Å². The number of thiol groups is 1. The minimum absolute atomic E-state index is 0.273. The lowest BCUT2D eigenvalue weighted by molar-refractivity contribution is 0.475. The van der Waals surface area contributed by atoms with Gasteiger partial charge in [0.2, 0.25) is 0 Å². The van der Waals surface area contributed by atoms with Crippen LogP contribution in [0.1, 0.15) is 0 Å². The Morgan fingerprint density at radius 2 is 1.26 bits per heavy atom. The van der Waals surface area contributed by atoms with Gasteiger partial charge in [-0.2, -0.15) is 0 Å². The molecule has 0 saturated heterocycles. The molecule has 0 aliphatic heterocycles. The van der Waals surface area contributed by atoms with Crippen LogP contribution >= 0.6 is 24.0 Å². The summed E-state index contributed by atoms with van der Waals surface area (Å²) >= 11 is 6.73. The normalized spacial score (nSPS) is 11.5. The summed E-state index contributed by atoms with van der Waals surface area (Å²) < 4.78 is 2.54. The quantitative estimate of drug-likeness (QED) is 0.262. The highest BCUT2D eigenvalue weighted by molar-refractivity contribution is 7.80. The Hall–Kier alpha value is -3.27. The Kier molecular flexibility index (Phi) is 4.27. The first kappa shape index (κ1) is 18.5. The number of hydrogen-bond donors (Lipinski definition) is 2. The molecule has 0 atom stereocenters. The molecule has 0 aliphatic carbocycles. The average molecular weight is 435 g/mol. The standard InChI is InChI=1S/C28H18OS2/c29-19-15-13-18(14-16-19)24-21-10-6-11-22(30)26(21)25(17-7-2-1-3-8-17)28-27(24)20-9-4-5-12-23(20)31-28/h1-16,29-30H. The van der Waals surface area contributed by atoms with Crippen molar-refractivity contribution in [3.8, 4) is 28.0 Å². The first-order chi connectivity index (χ1) is 15.2. The van der Waals surface area contributed by atoms with Crippen LogP contribution in [0, 0.1) is 0 Å². The third-order valence-electron chi connectivity index (χ3n) is 5.85. The van der Waals surface area contributed by atoms with Crippen molar-refractivity contribution < 1.29 is 5.11 Å². The van der Waals surface area contributed by atoms with Gasteiger partial charge in [0.15, 0.2) is 0 Å². The second kappa shape index (κ2) is 7.16. The van der Waals surface area contributed by atoms with Gasteiger partial charge in [0, 0.05) is 36.0 Å². The van der Waals surface area contributed by atoms with E-state index >= 15 is 0 Å². The van der Waals surface area contributed by atoms with Crippen molar-refractivity contribution in [3.63, 3.8) is 0 Å². The zero-order chi connectivity index (χ0) is 20.9. The summed E-state index contributed by atoms with van der Waals surface area (Å²) in [7, 11) is 0. The van der Waals surface area contributed by atoms with Crippen molar-refractivity contribution in [2.24, 2.45) is 0 Å². The number of phenolic OH excluding ortho intramolecular Hbond substituents is 1. The molecular weight excluding hydrogens is 416 g/mol. The summed E-state index contributed by atoms with van der Waals surface area (Å²) in [5.74, 6) is 0.273. The van der Waals surface area contributed by atoms with E-state index < -0.39 is 0 Å². The van der Waals surface area contributed by atoms with E-state index in [2.05, 4.69) is 72.8 Å². The predicted octanol–water partition coefficient (Wildman–Crippen LogP) is 8.54. The Balaban J connectivity index is 1.92. The van der Waals surface area contributed by atoms with E-state index in [0.717, 1.165) is 10.5 Å². The molecule has 0 fully saturated rings. The lowest BCUT2D eigenvalue weighted by Gasteiger charge is -2.17. The molecule has 0 saturated carbocycles. The first-order valence-corrected chi connectivity index (χ1v) is 11.4. The molecule has 5 aromatic carbocycles. The molecule has 0 spiro atoms. The Morgan fingerprint density at radius 1 is 0.581 bits per heavy atom. The highest BCUT2D eigenvalue weighted by atomic mass is 32.1. The van der Waals surface area contributed by atoms with Crippen molar-refractivity contribution in [2.45, 2.75) is 4.90 Å². The lowest BCUT2D eigenvalue weighted by atomic mass is 9.88. The lowest BCUT2D eigenvalue weighted by Crippen LogP contribution is -1.89. The number of benzene rings is 5. The van der Waals surface area contributed by atoms with Crippen LogP contribution in [-0.2, 0) is 0 Å². The molecule has 6 rings (SSSR count). The Labute approximate surface area is 189 Å². The number of aromatic hydroxyl groups is 1. The van der Waals surface area contributed by atoms with Gasteiger partial charge in [-0.15, -0.1) is 24.0 Å². The van der Waals surface area contributed by atoms with Crippen LogP contribution in [0.4, 0.5) is 0 Å². The molecule has 6 aromatic rings. The molecule has 0 amide bonds. The van der Waals surface area contributed by atoms with Gasteiger partial charge in [0.05, 0.1) is 0 Å². The Morgan fingerprint density at radius 3 is 2.06 bits per heavy atom. The van der Waals surface area contributed by atoms with Crippen molar-refractivity contribution in [1.82, 2.24) is 0 Å². The maximum absolute atomic E-state index is 9.89. The van der Waals surface area contributed by atoms with Crippen molar-refractivity contribution in [2.75, 3.05) is 0 Å². The van der Waals surface area contributed by atoms with E-state index in [9.17, 15) is 5.11 Å². The summed E-state index contributed by atoms with van der Waals surface area (Å²) in [5, 5.41) is 14.7. The molecule has 1 nitrogen and oxygen atoms in total. The van der Waals surface area contributed by atoms with E-state index in [4.69, 9.17) is 12.6 Å². The van der Waals surface area contributed by atoms with E-state index in [-0.39, 0.29) is 5.75 Å². The summed E-state index contributed by atoms with van der Waals surface area (Å²) in [5.41, 5.74) is 4.72. The van der Waals surface area contributed by atoms with Gasteiger partial charge < -0.3 is 5.11 Å². The number of hydrogen-bond acceptors (Lipinski definition) is 3. The molecule has 1 aromatic heterocycles. The van der Waals surface area contributed by atoms with E-state index in [1.807, 2.05) is 23.5 Å². The minimum Gasteiger partial charge on any atom is -0.508 e. The fourth-order valence-electron chi connectivity index (χ4n) is 4.54. The largest absolute Gasteiger partial charge is 0.508 e. The first-order valence-electron chi connectivity index (χ1n) is 10.2. The van der Waals surface area contributed by atoms with Crippen LogP contribution in [0.5, 0.6) is 5.75 Å². The smallest absolute Gasteiger partial charge is 0.115 e. The molecule has 31 heavy (non-hydrogen) atoms. The van der Waals surface area contributed by atoms with E-state index in [1.54, 1.807) is 12.1 Å². The molecule has 1 N–H and O–H groups in total. The summed E-state index contributed by atoms with van der Waals surface area (Å²) in [6.45, 7) is 0. The zero-order valence-corrected chi connectivity index (χ0v) is 18.3. The Bertz CT molecular complexity index is 1580. The molecule has 0 bridgehead atoms. The molecule has 0 aliphatic rings.